The zero-order valence-electron chi connectivity index (χ0n) is 15.5. The zero-order chi connectivity index (χ0) is 18.9. The molecule has 0 radical (unpaired) electrons. The number of rotatable bonds is 3. The van der Waals surface area contributed by atoms with Crippen molar-refractivity contribution in [2.45, 2.75) is 39.0 Å². The van der Waals surface area contributed by atoms with E-state index < -0.39 is 30.5 Å². The molecule has 3 aliphatic rings. The van der Waals surface area contributed by atoms with Crippen LogP contribution >= 0.6 is 7.37 Å². The highest BCUT2D eigenvalue weighted by Crippen LogP contribution is 2.75. The maximum Gasteiger partial charge on any atom is 0.238 e. The molecule has 2 bridgehead atoms. The number of nitrogens with zero attached hydrogens (tertiary/aromatic N) is 1. The third-order valence-corrected chi connectivity index (χ3v) is 8.86. The Hall–Kier alpha value is -1.71. The predicted octanol–water partition coefficient (Wildman–Crippen LogP) is 3.84. The second kappa shape index (κ2) is 5.64. The summed E-state index contributed by atoms with van der Waals surface area (Å²) in [6, 6.07) is 8.97. The van der Waals surface area contributed by atoms with Gasteiger partial charge in [-0.05, 0) is 24.5 Å². The average molecular weight is 373 g/mol. The monoisotopic (exact) mass is 373 g/mol. The van der Waals surface area contributed by atoms with Crippen LogP contribution in [0.2, 0.25) is 0 Å². The van der Waals surface area contributed by atoms with Crippen LogP contribution in [-0.4, -0.2) is 29.7 Å². The largest absolute Gasteiger partial charge is 0.327 e. The van der Waals surface area contributed by atoms with Crippen LogP contribution in [0.5, 0.6) is 0 Å². The maximum absolute atomic E-state index is 13.7. The summed E-state index contributed by atoms with van der Waals surface area (Å²) in [5.41, 5.74) is 0.422. The predicted molar refractivity (Wildman–Crippen MR) is 100 cm³/mol. The first-order chi connectivity index (χ1) is 12.1. The molecular formula is C20H24NO4P. The maximum atomic E-state index is 13.7. The standard InChI is InChI=1S/C20H24NO4P/c1-12-10-14-15-16(17(12)26(14,24)25-11-20(2,3)4)19(23)21(18(15)22)13-8-6-5-7-9-13/h5-10,14-17H,11H2,1-4H3/t14-,15+,16+,17+,26?/m0/s1. The van der Waals surface area contributed by atoms with E-state index in [1.54, 1.807) is 24.3 Å². The minimum Gasteiger partial charge on any atom is -0.327 e. The number of imide groups is 1. The van der Waals surface area contributed by atoms with Gasteiger partial charge in [0.2, 0.25) is 19.2 Å². The van der Waals surface area contributed by atoms with Crippen molar-refractivity contribution in [2.24, 2.45) is 17.3 Å². The Bertz CT molecular complexity index is 854. The molecule has 4 rings (SSSR count). The van der Waals surface area contributed by atoms with Gasteiger partial charge in [-0.15, -0.1) is 0 Å². The number of fused-ring (bicyclic) bond motifs is 5. The Morgan fingerprint density at radius 1 is 1.08 bits per heavy atom. The molecule has 3 heterocycles. The molecule has 2 amide bonds. The molecule has 0 aromatic heterocycles. The summed E-state index contributed by atoms with van der Waals surface area (Å²) in [4.78, 5) is 27.5. The van der Waals surface area contributed by atoms with Crippen LogP contribution < -0.4 is 4.90 Å². The summed E-state index contributed by atoms with van der Waals surface area (Å²) < 4.78 is 19.7. The Morgan fingerprint density at radius 2 is 1.69 bits per heavy atom. The number of carbonyl (C=O) groups excluding carboxylic acids is 2. The lowest BCUT2D eigenvalue weighted by Crippen LogP contribution is -2.34. The van der Waals surface area contributed by atoms with Crippen molar-refractivity contribution in [1.82, 2.24) is 0 Å². The fourth-order valence-electron chi connectivity index (χ4n) is 4.47. The molecule has 1 aromatic rings. The lowest BCUT2D eigenvalue weighted by Gasteiger charge is -2.27. The molecule has 2 saturated heterocycles. The van der Waals surface area contributed by atoms with E-state index in [0.29, 0.717) is 12.3 Å². The lowest BCUT2D eigenvalue weighted by atomic mass is 9.82. The quantitative estimate of drug-likeness (QED) is 0.459. The van der Waals surface area contributed by atoms with E-state index in [0.717, 1.165) is 5.57 Å². The number of benzene rings is 1. The van der Waals surface area contributed by atoms with E-state index >= 15 is 0 Å². The molecule has 5 atom stereocenters. The average Bonchev–Trinajstić information content (AvgIpc) is 3.08. The van der Waals surface area contributed by atoms with Crippen molar-refractivity contribution in [2.75, 3.05) is 11.5 Å². The van der Waals surface area contributed by atoms with Gasteiger partial charge in [-0.25, -0.2) is 4.90 Å². The Labute approximate surface area is 153 Å². The van der Waals surface area contributed by atoms with E-state index in [1.165, 1.54) is 4.90 Å². The van der Waals surface area contributed by atoms with Gasteiger partial charge in [0.15, 0.2) is 0 Å². The van der Waals surface area contributed by atoms with E-state index in [9.17, 15) is 14.2 Å². The van der Waals surface area contributed by atoms with Crippen LogP contribution in [0, 0.1) is 17.3 Å². The normalized spacial score (nSPS) is 35.8. The van der Waals surface area contributed by atoms with Gasteiger partial charge in [-0.3, -0.25) is 14.2 Å². The van der Waals surface area contributed by atoms with Crippen LogP contribution in [0.3, 0.4) is 0 Å². The molecule has 6 heteroatoms. The van der Waals surface area contributed by atoms with Crippen LogP contribution in [-0.2, 0) is 18.7 Å². The van der Waals surface area contributed by atoms with Gasteiger partial charge in [0.1, 0.15) is 0 Å². The Morgan fingerprint density at radius 3 is 2.31 bits per heavy atom. The topological polar surface area (TPSA) is 63.7 Å². The van der Waals surface area contributed by atoms with Crippen molar-refractivity contribution >= 4 is 24.9 Å². The first-order valence-corrected chi connectivity index (χ1v) is 10.8. The molecule has 3 aliphatic heterocycles. The van der Waals surface area contributed by atoms with Crippen molar-refractivity contribution < 1.29 is 18.7 Å². The van der Waals surface area contributed by atoms with Gasteiger partial charge in [-0.2, -0.15) is 0 Å². The number of para-hydroxylation sites is 1. The molecule has 0 spiro atoms. The smallest absolute Gasteiger partial charge is 0.238 e. The Balaban J connectivity index is 1.70. The number of anilines is 1. The first kappa shape index (κ1) is 17.7. The second-order valence-corrected chi connectivity index (χ2v) is 11.4. The summed E-state index contributed by atoms with van der Waals surface area (Å²) in [5.74, 6) is -1.63. The molecule has 1 unspecified atom stereocenters. The van der Waals surface area contributed by atoms with Crippen molar-refractivity contribution in [3.63, 3.8) is 0 Å². The van der Waals surface area contributed by atoms with E-state index in [-0.39, 0.29) is 17.2 Å². The van der Waals surface area contributed by atoms with Crippen molar-refractivity contribution in [3.05, 3.63) is 42.0 Å². The highest BCUT2D eigenvalue weighted by Gasteiger charge is 2.71. The number of hydrogen-bond donors (Lipinski definition) is 0. The second-order valence-electron chi connectivity index (χ2n) is 8.72. The number of allylic oxidation sites excluding steroid dienone is 2. The number of carbonyl (C=O) groups is 2. The van der Waals surface area contributed by atoms with Gasteiger partial charge < -0.3 is 4.52 Å². The lowest BCUT2D eigenvalue weighted by molar-refractivity contribution is -0.122. The zero-order valence-corrected chi connectivity index (χ0v) is 16.4. The fourth-order valence-corrected chi connectivity index (χ4v) is 8.38. The molecular weight excluding hydrogens is 349 g/mol. The highest BCUT2D eigenvalue weighted by molar-refractivity contribution is 7.62. The number of amides is 2. The minimum atomic E-state index is -3.12. The third-order valence-electron chi connectivity index (χ3n) is 5.52. The SMILES string of the molecule is CC1=C[C@H]2[C@H]3C(=O)N(c4ccccc4)C(=O)[C@H]3[C@@H]1P2(=O)OCC(C)(C)C. The van der Waals surface area contributed by atoms with E-state index in [2.05, 4.69) is 0 Å². The Kier molecular flexibility index (Phi) is 3.84. The summed E-state index contributed by atoms with van der Waals surface area (Å²) in [6.07, 6.45) is 1.91. The molecule has 0 aliphatic carbocycles. The van der Waals surface area contributed by atoms with Crippen LogP contribution in [0.1, 0.15) is 27.7 Å². The fraction of sp³-hybridized carbons (Fsp3) is 0.500. The molecule has 2 fully saturated rings. The van der Waals surface area contributed by atoms with Crippen LogP contribution in [0.4, 0.5) is 5.69 Å². The van der Waals surface area contributed by atoms with Gasteiger partial charge in [0.25, 0.3) is 0 Å². The molecule has 26 heavy (non-hydrogen) atoms. The first-order valence-electron chi connectivity index (χ1n) is 9.00. The van der Waals surface area contributed by atoms with Gasteiger partial charge in [-0.1, -0.05) is 50.6 Å². The molecule has 5 nitrogen and oxygen atoms in total. The van der Waals surface area contributed by atoms with E-state index in [1.807, 2.05) is 39.8 Å². The summed E-state index contributed by atoms with van der Waals surface area (Å²) in [5, 5.41) is 0. The van der Waals surface area contributed by atoms with Gasteiger partial charge in [0, 0.05) is 0 Å². The van der Waals surface area contributed by atoms with Crippen molar-refractivity contribution in [1.29, 1.82) is 0 Å². The van der Waals surface area contributed by atoms with Crippen LogP contribution in [0.15, 0.2) is 42.0 Å². The van der Waals surface area contributed by atoms with E-state index in [4.69, 9.17) is 4.52 Å². The molecule has 0 saturated carbocycles. The molecule has 0 N–H and O–H groups in total. The van der Waals surface area contributed by atoms with Gasteiger partial charge >= 0.3 is 0 Å². The van der Waals surface area contributed by atoms with Crippen molar-refractivity contribution in [3.8, 4) is 0 Å². The molecule has 1 aromatic carbocycles. The summed E-state index contributed by atoms with van der Waals surface area (Å²) in [7, 11) is -3.12. The third kappa shape index (κ3) is 2.37. The summed E-state index contributed by atoms with van der Waals surface area (Å²) in [6.45, 7) is 8.31. The number of hydrogen-bond acceptors (Lipinski definition) is 4. The van der Waals surface area contributed by atoms with Crippen LogP contribution in [0.25, 0.3) is 0 Å². The summed E-state index contributed by atoms with van der Waals surface area (Å²) >= 11 is 0. The highest BCUT2D eigenvalue weighted by atomic mass is 31.2. The molecule has 138 valence electrons. The minimum absolute atomic E-state index is 0.132. The van der Waals surface area contributed by atoms with Gasteiger partial charge in [0.05, 0.1) is 35.4 Å².